The fourth-order valence-electron chi connectivity index (χ4n) is 2.10. The van der Waals surface area contributed by atoms with Crippen LogP contribution in [0.25, 0.3) is 0 Å². The van der Waals surface area contributed by atoms with Crippen molar-refractivity contribution in [2.45, 2.75) is 25.3 Å². The van der Waals surface area contributed by atoms with E-state index in [4.69, 9.17) is 0 Å². The van der Waals surface area contributed by atoms with E-state index in [1.54, 1.807) is 11.3 Å². The van der Waals surface area contributed by atoms with Gasteiger partial charge in [0.25, 0.3) is 0 Å². The second kappa shape index (κ2) is 4.91. The molecule has 14 heavy (non-hydrogen) atoms. The van der Waals surface area contributed by atoms with E-state index in [9.17, 15) is 5.11 Å². The number of hydrogen-bond acceptors (Lipinski definition) is 3. The van der Waals surface area contributed by atoms with E-state index in [1.807, 2.05) is 0 Å². The van der Waals surface area contributed by atoms with E-state index >= 15 is 0 Å². The maximum atomic E-state index is 9.42. The molecular formula is C11H17NOS. The van der Waals surface area contributed by atoms with Crippen molar-refractivity contribution in [1.82, 2.24) is 4.90 Å². The molecule has 1 fully saturated rings. The molecule has 3 heteroatoms. The molecule has 1 aliphatic heterocycles. The first kappa shape index (κ1) is 10.1. The Hall–Kier alpha value is -0.380. The smallest absolute Gasteiger partial charge is 0.0674 e. The number of nitrogens with zero attached hydrogens (tertiary/aromatic N) is 1. The summed E-state index contributed by atoms with van der Waals surface area (Å²) in [6.07, 6.45) is 3.91. The van der Waals surface area contributed by atoms with Gasteiger partial charge in [0.15, 0.2) is 0 Å². The molecule has 1 aliphatic rings. The summed E-state index contributed by atoms with van der Waals surface area (Å²) in [6.45, 7) is 2.53. The number of hydrogen-bond donors (Lipinski definition) is 1. The van der Waals surface area contributed by atoms with Crippen molar-refractivity contribution in [3.63, 3.8) is 0 Å². The summed E-state index contributed by atoms with van der Waals surface area (Å²) in [5, 5.41) is 11.5. The predicted molar refractivity (Wildman–Crippen MR) is 59.6 cm³/mol. The third-order valence-electron chi connectivity index (χ3n) is 2.88. The first-order valence-electron chi connectivity index (χ1n) is 5.30. The molecule has 1 atom stereocenters. The van der Waals surface area contributed by atoms with Gasteiger partial charge in [0.1, 0.15) is 0 Å². The average Bonchev–Trinajstić information content (AvgIpc) is 2.74. The maximum Gasteiger partial charge on any atom is 0.0674 e. The number of aliphatic hydroxyl groups is 1. The van der Waals surface area contributed by atoms with Crippen molar-refractivity contribution >= 4 is 11.3 Å². The third-order valence-corrected chi connectivity index (χ3v) is 3.85. The molecule has 0 bridgehead atoms. The number of thiophene rings is 1. The molecule has 1 aromatic heterocycles. The zero-order valence-electron chi connectivity index (χ0n) is 8.35. The lowest BCUT2D eigenvalue weighted by Crippen LogP contribution is -2.35. The minimum absolute atomic E-state index is 0.246. The van der Waals surface area contributed by atoms with Gasteiger partial charge in [-0.25, -0.2) is 0 Å². The van der Waals surface area contributed by atoms with Crippen LogP contribution in [-0.4, -0.2) is 29.7 Å². The van der Waals surface area contributed by atoms with E-state index in [0.29, 0.717) is 0 Å². The molecule has 0 aromatic carbocycles. The van der Waals surface area contributed by atoms with Crippen molar-refractivity contribution in [2.24, 2.45) is 0 Å². The molecule has 78 valence electrons. The highest BCUT2D eigenvalue weighted by Gasteiger charge is 2.21. The summed E-state index contributed by atoms with van der Waals surface area (Å²) >= 11 is 1.75. The molecule has 0 unspecified atom stereocenters. The van der Waals surface area contributed by atoms with Crippen LogP contribution in [-0.2, 0) is 0 Å². The fourth-order valence-corrected chi connectivity index (χ4v) is 2.95. The molecule has 2 heterocycles. The van der Waals surface area contributed by atoms with E-state index in [-0.39, 0.29) is 12.6 Å². The van der Waals surface area contributed by atoms with Gasteiger partial charge in [0.05, 0.1) is 12.6 Å². The predicted octanol–water partition coefficient (Wildman–Crippen LogP) is 2.27. The standard InChI is InChI=1S/C11H17NOS/c13-9-10(11-5-4-8-14-11)12-6-2-1-3-7-12/h4-5,8,10,13H,1-3,6-7,9H2/t10-/m0/s1. The van der Waals surface area contributed by atoms with Crippen molar-refractivity contribution in [1.29, 1.82) is 0 Å². The van der Waals surface area contributed by atoms with Crippen LogP contribution >= 0.6 is 11.3 Å². The Balaban J connectivity index is 2.04. The highest BCUT2D eigenvalue weighted by Crippen LogP contribution is 2.27. The van der Waals surface area contributed by atoms with Crippen LogP contribution in [0, 0.1) is 0 Å². The fraction of sp³-hybridized carbons (Fsp3) is 0.636. The summed E-state index contributed by atoms with van der Waals surface area (Å²) in [5.74, 6) is 0. The van der Waals surface area contributed by atoms with Crippen molar-refractivity contribution in [3.05, 3.63) is 22.4 Å². The Labute approximate surface area is 89.2 Å². The summed E-state index contributed by atoms with van der Waals surface area (Å²) in [6, 6.07) is 4.43. The molecule has 0 saturated carbocycles. The molecule has 2 nitrogen and oxygen atoms in total. The monoisotopic (exact) mass is 211 g/mol. The van der Waals surface area contributed by atoms with Crippen LogP contribution < -0.4 is 0 Å². The van der Waals surface area contributed by atoms with Crippen LogP contribution in [0.4, 0.5) is 0 Å². The Kier molecular flexibility index (Phi) is 3.56. The number of aliphatic hydroxyl groups excluding tert-OH is 1. The second-order valence-corrected chi connectivity index (χ2v) is 4.79. The van der Waals surface area contributed by atoms with Gasteiger partial charge in [-0.3, -0.25) is 4.90 Å². The Morgan fingerprint density at radius 2 is 2.14 bits per heavy atom. The van der Waals surface area contributed by atoms with Gasteiger partial charge in [-0.15, -0.1) is 11.3 Å². The van der Waals surface area contributed by atoms with Gasteiger partial charge in [-0.2, -0.15) is 0 Å². The summed E-state index contributed by atoms with van der Waals surface area (Å²) in [7, 11) is 0. The molecule has 1 saturated heterocycles. The first-order valence-corrected chi connectivity index (χ1v) is 6.18. The van der Waals surface area contributed by atoms with Crippen LogP contribution in [0.2, 0.25) is 0 Å². The van der Waals surface area contributed by atoms with E-state index < -0.39 is 0 Å². The van der Waals surface area contributed by atoms with Crippen molar-refractivity contribution < 1.29 is 5.11 Å². The third kappa shape index (κ3) is 2.16. The number of likely N-dealkylation sites (tertiary alicyclic amines) is 1. The Bertz CT molecular complexity index is 254. The zero-order valence-corrected chi connectivity index (χ0v) is 9.17. The molecule has 2 rings (SSSR count). The molecular weight excluding hydrogens is 194 g/mol. The highest BCUT2D eigenvalue weighted by molar-refractivity contribution is 7.10. The van der Waals surface area contributed by atoms with Crippen LogP contribution in [0.3, 0.4) is 0 Å². The number of piperidine rings is 1. The van der Waals surface area contributed by atoms with Crippen molar-refractivity contribution in [2.75, 3.05) is 19.7 Å². The lowest BCUT2D eigenvalue weighted by Gasteiger charge is -2.32. The minimum atomic E-state index is 0.246. The Morgan fingerprint density at radius 1 is 1.36 bits per heavy atom. The summed E-state index contributed by atoms with van der Waals surface area (Å²) in [5.41, 5.74) is 0. The van der Waals surface area contributed by atoms with E-state index in [0.717, 1.165) is 13.1 Å². The second-order valence-electron chi connectivity index (χ2n) is 3.81. The first-order chi connectivity index (χ1) is 6.92. The minimum Gasteiger partial charge on any atom is -0.394 e. The van der Waals surface area contributed by atoms with Gasteiger partial charge in [0.2, 0.25) is 0 Å². The normalized spacial score (nSPS) is 20.9. The topological polar surface area (TPSA) is 23.5 Å². The molecule has 0 spiro atoms. The van der Waals surface area contributed by atoms with E-state index in [2.05, 4.69) is 22.4 Å². The Morgan fingerprint density at radius 3 is 2.71 bits per heavy atom. The van der Waals surface area contributed by atoms with Gasteiger partial charge in [-0.05, 0) is 37.4 Å². The van der Waals surface area contributed by atoms with Gasteiger partial charge >= 0.3 is 0 Å². The molecule has 0 radical (unpaired) electrons. The maximum absolute atomic E-state index is 9.42. The lowest BCUT2D eigenvalue weighted by atomic mass is 10.1. The summed E-state index contributed by atoms with van der Waals surface area (Å²) in [4.78, 5) is 3.71. The van der Waals surface area contributed by atoms with Gasteiger partial charge in [-0.1, -0.05) is 12.5 Å². The van der Waals surface area contributed by atoms with Crippen LogP contribution in [0.1, 0.15) is 30.2 Å². The zero-order chi connectivity index (χ0) is 9.80. The molecule has 0 amide bonds. The summed E-state index contributed by atoms with van der Waals surface area (Å²) < 4.78 is 0. The van der Waals surface area contributed by atoms with Crippen LogP contribution in [0.15, 0.2) is 17.5 Å². The van der Waals surface area contributed by atoms with Gasteiger partial charge in [0, 0.05) is 4.88 Å². The lowest BCUT2D eigenvalue weighted by molar-refractivity contribution is 0.106. The SMILES string of the molecule is OC[C@@H](c1cccs1)N1CCCCC1. The van der Waals surface area contributed by atoms with E-state index in [1.165, 1.54) is 24.1 Å². The largest absolute Gasteiger partial charge is 0.394 e. The average molecular weight is 211 g/mol. The quantitative estimate of drug-likeness (QED) is 0.829. The van der Waals surface area contributed by atoms with Gasteiger partial charge < -0.3 is 5.11 Å². The van der Waals surface area contributed by atoms with Crippen molar-refractivity contribution in [3.8, 4) is 0 Å². The molecule has 1 N–H and O–H groups in total. The number of rotatable bonds is 3. The highest BCUT2D eigenvalue weighted by atomic mass is 32.1. The molecule has 1 aromatic rings. The van der Waals surface area contributed by atoms with Crippen LogP contribution in [0.5, 0.6) is 0 Å². The molecule has 0 aliphatic carbocycles.